The molecule has 34 heavy (non-hydrogen) atoms. The van der Waals surface area contributed by atoms with Crippen LogP contribution >= 0.6 is 27.7 Å². The first kappa shape index (κ1) is 27.3. The van der Waals surface area contributed by atoms with Gasteiger partial charge in [-0.3, -0.25) is 4.79 Å². The summed E-state index contributed by atoms with van der Waals surface area (Å²) in [6.07, 6.45) is 24.6. The molecule has 0 aromatic carbocycles. The van der Waals surface area contributed by atoms with Crippen LogP contribution in [0.5, 0.6) is 0 Å². The molecule has 0 spiro atoms. The summed E-state index contributed by atoms with van der Waals surface area (Å²) in [5.41, 5.74) is 2.73. The van der Waals surface area contributed by atoms with E-state index in [1.54, 1.807) is 17.3 Å². The Labute approximate surface area is 223 Å². The monoisotopic (exact) mass is 550 g/mol. The highest BCUT2D eigenvalue weighted by atomic mass is 79.9. The molecule has 3 fully saturated rings. The van der Waals surface area contributed by atoms with Crippen LogP contribution in [-0.2, 0) is 4.79 Å². The van der Waals surface area contributed by atoms with E-state index < -0.39 is 0 Å². The summed E-state index contributed by atoms with van der Waals surface area (Å²) in [6, 6.07) is 0. The molecule has 0 unspecified atom stereocenters. The lowest BCUT2D eigenvalue weighted by Gasteiger charge is -2.58. The van der Waals surface area contributed by atoms with Crippen molar-refractivity contribution in [3.8, 4) is 0 Å². The number of unbranched alkanes of at least 4 members (excludes halogenated alkanes) is 5. The first-order chi connectivity index (χ1) is 16.3. The second kappa shape index (κ2) is 11.7. The van der Waals surface area contributed by atoms with Crippen LogP contribution in [-0.4, -0.2) is 15.2 Å². The van der Waals surface area contributed by atoms with E-state index in [2.05, 4.69) is 49.7 Å². The molecule has 0 aromatic rings. The van der Waals surface area contributed by atoms with E-state index in [0.717, 1.165) is 36.5 Å². The van der Waals surface area contributed by atoms with Gasteiger partial charge in [0.1, 0.15) is 0 Å². The number of rotatable bonds is 10. The summed E-state index contributed by atoms with van der Waals surface area (Å²) in [4.78, 5) is 12.6. The van der Waals surface area contributed by atoms with Gasteiger partial charge in [0, 0.05) is 5.25 Å². The fourth-order valence-corrected chi connectivity index (χ4v) is 10.4. The highest BCUT2D eigenvalue weighted by molar-refractivity contribution is 9.10. The van der Waals surface area contributed by atoms with Crippen LogP contribution in [0.3, 0.4) is 0 Å². The van der Waals surface area contributed by atoms with Crippen LogP contribution in [0.2, 0.25) is 0 Å². The van der Waals surface area contributed by atoms with E-state index in [-0.39, 0.29) is 4.83 Å². The summed E-state index contributed by atoms with van der Waals surface area (Å²) in [5, 5.41) is 0.846. The fourth-order valence-electron chi connectivity index (χ4n) is 8.89. The van der Waals surface area contributed by atoms with E-state index >= 15 is 0 Å². The molecule has 0 amide bonds. The number of halogens is 1. The number of hydrogen-bond donors (Lipinski definition) is 0. The average Bonchev–Trinajstić information content (AvgIpc) is 3.17. The fraction of sp³-hybridized carbons (Fsp3) is 0.903. The van der Waals surface area contributed by atoms with Crippen LogP contribution in [0.15, 0.2) is 11.6 Å². The van der Waals surface area contributed by atoms with Gasteiger partial charge in [-0.05, 0) is 98.7 Å². The standard InChI is InChI=1S/C31H51BrOS/c1-5-7-8-9-10-11-12-22-14-16-26-25-15-13-23-21-24(34-29(33)28(32)6-2)17-19-31(23,4)27(25)18-20-30(22,26)3/h13,22,24-28H,5-12,14-21H2,1-4H3/t22-,24+,25-,26+,27-,28-,30-,31+/m1/s1. The molecule has 194 valence electrons. The molecular formula is C31H51BrOS. The van der Waals surface area contributed by atoms with Crippen LogP contribution in [0.1, 0.15) is 130 Å². The quantitative estimate of drug-likeness (QED) is 0.153. The third kappa shape index (κ3) is 5.41. The van der Waals surface area contributed by atoms with E-state index in [4.69, 9.17) is 0 Å². The minimum atomic E-state index is 0.0261. The van der Waals surface area contributed by atoms with Crippen LogP contribution in [0, 0.1) is 34.5 Å². The van der Waals surface area contributed by atoms with E-state index in [0.29, 0.717) is 21.2 Å². The summed E-state index contributed by atoms with van der Waals surface area (Å²) in [5.74, 6) is 3.74. The Kier molecular flexibility index (Phi) is 9.42. The van der Waals surface area contributed by atoms with Crippen molar-refractivity contribution in [1.82, 2.24) is 0 Å². The van der Waals surface area contributed by atoms with Crippen molar-refractivity contribution >= 4 is 32.8 Å². The maximum Gasteiger partial charge on any atom is 0.202 e. The van der Waals surface area contributed by atoms with E-state index in [1.165, 1.54) is 89.9 Å². The molecule has 1 nitrogen and oxygen atoms in total. The Hall–Kier alpha value is 0.240. The molecular weight excluding hydrogens is 500 g/mol. The van der Waals surface area contributed by atoms with E-state index in [1.807, 2.05) is 0 Å². The molecule has 8 atom stereocenters. The highest BCUT2D eigenvalue weighted by Crippen LogP contribution is 2.67. The number of thioether (sulfide) groups is 1. The summed E-state index contributed by atoms with van der Waals surface area (Å²) in [7, 11) is 0. The Morgan fingerprint density at radius 2 is 1.79 bits per heavy atom. The third-order valence-corrected chi connectivity index (χ3v) is 13.7. The van der Waals surface area contributed by atoms with Crippen molar-refractivity contribution in [2.24, 2.45) is 34.5 Å². The summed E-state index contributed by atoms with van der Waals surface area (Å²) < 4.78 is 0. The number of carbonyl (C=O) groups excluding carboxylic acids is 1. The predicted molar refractivity (Wildman–Crippen MR) is 153 cm³/mol. The van der Waals surface area contributed by atoms with Gasteiger partial charge in [0.25, 0.3) is 0 Å². The number of fused-ring (bicyclic) bond motifs is 5. The zero-order chi connectivity index (χ0) is 24.3. The number of alkyl halides is 1. The Bertz CT molecular complexity index is 733. The lowest BCUT2D eigenvalue weighted by Crippen LogP contribution is -2.50. The van der Waals surface area contributed by atoms with Crippen molar-refractivity contribution in [2.45, 2.75) is 141 Å². The van der Waals surface area contributed by atoms with E-state index in [9.17, 15) is 4.79 Å². The second-order valence-electron chi connectivity index (χ2n) is 12.8. The molecule has 0 aliphatic heterocycles. The lowest BCUT2D eigenvalue weighted by molar-refractivity contribution is -0.110. The Morgan fingerprint density at radius 1 is 1.03 bits per heavy atom. The molecule has 3 heteroatoms. The molecule has 0 radical (unpaired) electrons. The molecule has 0 aromatic heterocycles. The minimum absolute atomic E-state index is 0.0261. The first-order valence-electron chi connectivity index (χ1n) is 14.9. The van der Waals surface area contributed by atoms with Gasteiger partial charge < -0.3 is 0 Å². The third-order valence-electron chi connectivity index (χ3n) is 11.1. The molecule has 4 aliphatic rings. The van der Waals surface area contributed by atoms with Gasteiger partial charge in [-0.25, -0.2) is 0 Å². The van der Waals surface area contributed by atoms with Crippen LogP contribution in [0.4, 0.5) is 0 Å². The molecule has 0 saturated heterocycles. The van der Waals surface area contributed by atoms with Gasteiger partial charge in [0.15, 0.2) is 0 Å². The molecule has 4 aliphatic carbocycles. The smallest absolute Gasteiger partial charge is 0.202 e. The van der Waals surface area contributed by atoms with Gasteiger partial charge in [0.05, 0.1) is 4.83 Å². The number of carbonyl (C=O) groups is 1. The molecule has 0 bridgehead atoms. The van der Waals surface area contributed by atoms with Crippen LogP contribution in [0.25, 0.3) is 0 Å². The van der Waals surface area contributed by atoms with Gasteiger partial charge in [-0.15, -0.1) is 0 Å². The highest BCUT2D eigenvalue weighted by Gasteiger charge is 2.58. The van der Waals surface area contributed by atoms with Crippen molar-refractivity contribution in [3.05, 3.63) is 11.6 Å². The van der Waals surface area contributed by atoms with Gasteiger partial charge >= 0.3 is 0 Å². The zero-order valence-corrected chi connectivity index (χ0v) is 25.0. The average molecular weight is 552 g/mol. The maximum atomic E-state index is 12.5. The maximum absolute atomic E-state index is 12.5. The molecule has 4 rings (SSSR count). The Morgan fingerprint density at radius 3 is 2.56 bits per heavy atom. The van der Waals surface area contributed by atoms with Gasteiger partial charge in [-0.1, -0.05) is 106 Å². The SMILES string of the molecule is CCCCCCCC[C@@H]1CC[C@H]2[C@H]3CC=C4C[C@@H](SC(=O)[C@H](Br)CC)CC[C@]4(C)[C@@H]3CC[C@]12C. The van der Waals surface area contributed by atoms with Gasteiger partial charge in [-0.2, -0.15) is 0 Å². The second-order valence-corrected chi connectivity index (χ2v) is 15.2. The normalized spacial score (nSPS) is 40.1. The zero-order valence-electron chi connectivity index (χ0n) is 22.5. The van der Waals surface area contributed by atoms with Crippen molar-refractivity contribution in [1.29, 1.82) is 0 Å². The molecule has 0 heterocycles. The molecule has 3 saturated carbocycles. The van der Waals surface area contributed by atoms with Crippen molar-refractivity contribution in [3.63, 3.8) is 0 Å². The van der Waals surface area contributed by atoms with Crippen molar-refractivity contribution in [2.75, 3.05) is 0 Å². The topological polar surface area (TPSA) is 17.1 Å². The summed E-state index contributed by atoms with van der Waals surface area (Å²) >= 11 is 5.21. The lowest BCUT2D eigenvalue weighted by atomic mass is 9.47. The first-order valence-corrected chi connectivity index (χ1v) is 16.7. The minimum Gasteiger partial charge on any atom is -0.286 e. The molecule has 0 N–H and O–H groups in total. The largest absolute Gasteiger partial charge is 0.286 e. The van der Waals surface area contributed by atoms with Crippen molar-refractivity contribution < 1.29 is 4.79 Å². The van der Waals surface area contributed by atoms with Crippen LogP contribution < -0.4 is 0 Å². The predicted octanol–water partition coefficient (Wildman–Crippen LogP) is 10.1. The number of allylic oxidation sites excluding steroid dienone is 2. The van der Waals surface area contributed by atoms with Gasteiger partial charge in [0.2, 0.25) is 5.12 Å². The summed E-state index contributed by atoms with van der Waals surface area (Å²) in [6.45, 7) is 9.73. The Balaban J connectivity index is 1.37. The number of hydrogen-bond acceptors (Lipinski definition) is 2.